The van der Waals surface area contributed by atoms with Gasteiger partial charge in [-0.2, -0.15) is 0 Å². The Morgan fingerprint density at radius 3 is 2.84 bits per heavy atom. The third kappa shape index (κ3) is 5.97. The van der Waals surface area contributed by atoms with E-state index in [1.165, 1.54) is 12.2 Å². The van der Waals surface area contributed by atoms with Crippen molar-refractivity contribution in [3.63, 3.8) is 0 Å². The molecule has 1 aliphatic rings. The first-order valence-corrected chi connectivity index (χ1v) is 11.2. The Morgan fingerprint density at radius 1 is 1.22 bits per heavy atom. The van der Waals surface area contributed by atoms with Gasteiger partial charge in [0.2, 0.25) is 0 Å². The molecule has 0 bridgehead atoms. The molecule has 32 heavy (non-hydrogen) atoms. The summed E-state index contributed by atoms with van der Waals surface area (Å²) in [5, 5.41) is 9.98. The summed E-state index contributed by atoms with van der Waals surface area (Å²) in [7, 11) is 0. The molecule has 0 fully saturated rings. The van der Waals surface area contributed by atoms with Crippen LogP contribution in [-0.4, -0.2) is 18.0 Å². The maximum absolute atomic E-state index is 13.7. The van der Waals surface area contributed by atoms with E-state index in [4.69, 9.17) is 4.74 Å². The van der Waals surface area contributed by atoms with Crippen LogP contribution >= 0.6 is 0 Å². The van der Waals surface area contributed by atoms with E-state index in [2.05, 4.69) is 18.7 Å². The van der Waals surface area contributed by atoms with Gasteiger partial charge in [0.25, 0.3) is 0 Å². The maximum atomic E-state index is 13.7. The summed E-state index contributed by atoms with van der Waals surface area (Å²) >= 11 is 0. The molecular formula is C28H31FO3. The van der Waals surface area contributed by atoms with Gasteiger partial charge in [-0.25, -0.2) is 4.39 Å². The highest BCUT2D eigenvalue weighted by molar-refractivity contribution is 5.49. The van der Waals surface area contributed by atoms with E-state index in [0.717, 1.165) is 60.0 Å². The third-order valence-corrected chi connectivity index (χ3v) is 6.00. The van der Waals surface area contributed by atoms with Gasteiger partial charge in [0.15, 0.2) is 0 Å². The Kier molecular flexibility index (Phi) is 8.43. The van der Waals surface area contributed by atoms with E-state index in [9.17, 15) is 14.3 Å². The van der Waals surface area contributed by atoms with Crippen LogP contribution in [0.2, 0.25) is 0 Å². The highest BCUT2D eigenvalue weighted by Gasteiger charge is 2.32. The first kappa shape index (κ1) is 23.5. The van der Waals surface area contributed by atoms with Crippen molar-refractivity contribution in [2.45, 2.75) is 44.9 Å². The molecule has 0 amide bonds. The average Bonchev–Trinajstić information content (AvgIpc) is 2.81. The van der Waals surface area contributed by atoms with Crippen molar-refractivity contribution in [3.05, 3.63) is 95.4 Å². The number of phenols is 1. The summed E-state index contributed by atoms with van der Waals surface area (Å²) in [6.07, 6.45) is 9.49. The molecule has 0 aromatic heterocycles. The molecular weight excluding hydrogens is 403 g/mol. The monoisotopic (exact) mass is 434 g/mol. The van der Waals surface area contributed by atoms with Crippen LogP contribution in [0.25, 0.3) is 0 Å². The van der Waals surface area contributed by atoms with E-state index >= 15 is 0 Å². The van der Waals surface area contributed by atoms with Crippen LogP contribution in [0.4, 0.5) is 4.39 Å². The van der Waals surface area contributed by atoms with E-state index < -0.39 is 0 Å². The smallest absolute Gasteiger partial charge is 0.119 e. The number of halogens is 1. The quantitative estimate of drug-likeness (QED) is 0.253. The third-order valence-electron chi connectivity index (χ3n) is 6.00. The number of hydrogen-bond donors (Lipinski definition) is 1. The van der Waals surface area contributed by atoms with Gasteiger partial charge < -0.3 is 14.6 Å². The molecule has 4 heteroatoms. The number of rotatable bonds is 10. The minimum absolute atomic E-state index is 0.0313. The van der Waals surface area contributed by atoms with Crippen molar-refractivity contribution >= 4 is 6.29 Å². The molecule has 3 nitrogen and oxygen atoms in total. The number of phenolic OH excluding ortho intramolecular Hbond substituents is 1. The number of carbonyl (C=O) groups is 1. The lowest BCUT2D eigenvalue weighted by molar-refractivity contribution is -0.107. The van der Waals surface area contributed by atoms with Crippen LogP contribution in [-0.2, 0) is 11.2 Å². The van der Waals surface area contributed by atoms with Gasteiger partial charge in [-0.3, -0.25) is 0 Å². The fourth-order valence-corrected chi connectivity index (χ4v) is 4.34. The predicted molar refractivity (Wildman–Crippen MR) is 127 cm³/mol. The van der Waals surface area contributed by atoms with Crippen molar-refractivity contribution in [1.82, 2.24) is 0 Å². The fraction of sp³-hybridized carbons (Fsp3) is 0.321. The first-order chi connectivity index (χ1) is 15.5. The topological polar surface area (TPSA) is 46.5 Å². The van der Waals surface area contributed by atoms with Gasteiger partial charge in [-0.05, 0) is 85.6 Å². The number of aromatic hydroxyl groups is 1. The van der Waals surface area contributed by atoms with Gasteiger partial charge in [0, 0.05) is 12.3 Å². The highest BCUT2D eigenvalue weighted by Crippen LogP contribution is 2.45. The second kappa shape index (κ2) is 11.5. The van der Waals surface area contributed by atoms with E-state index in [1.807, 2.05) is 24.3 Å². The molecule has 3 rings (SSSR count). The first-order valence-electron chi connectivity index (χ1n) is 11.2. The predicted octanol–water partition coefficient (Wildman–Crippen LogP) is 6.82. The standard InChI is InChI=1S/C28H31FO3/c1-3-23(29)12-10-20(2)26-14-11-21-18-24(31)13-15-27(21)28(26)22-8-7-9-25(19-22)32-17-6-4-5-16-30/h3,7-10,12-13,15-16,18-19,26,28,31H,2,4-6,11,14,17H2,1H3/b12-10-,23-3+/t26-,28+/m1/s1. The Bertz CT molecular complexity index is 1010. The van der Waals surface area contributed by atoms with Crippen LogP contribution in [0.5, 0.6) is 11.5 Å². The number of carbonyl (C=O) groups excluding carboxylic acids is 1. The number of hydrogen-bond acceptors (Lipinski definition) is 3. The molecule has 0 aliphatic heterocycles. The Balaban J connectivity index is 1.90. The molecule has 1 aliphatic carbocycles. The van der Waals surface area contributed by atoms with Crippen molar-refractivity contribution in [2.24, 2.45) is 5.92 Å². The van der Waals surface area contributed by atoms with E-state index in [1.54, 1.807) is 19.1 Å². The minimum atomic E-state index is -0.284. The van der Waals surface area contributed by atoms with Gasteiger partial charge >= 0.3 is 0 Å². The minimum Gasteiger partial charge on any atom is -0.508 e. The van der Waals surface area contributed by atoms with Crippen molar-refractivity contribution in [2.75, 3.05) is 6.61 Å². The molecule has 0 saturated heterocycles. The molecule has 0 heterocycles. The van der Waals surface area contributed by atoms with Crippen LogP contribution in [0.15, 0.2) is 78.7 Å². The van der Waals surface area contributed by atoms with Crippen LogP contribution in [0.1, 0.15) is 55.2 Å². The molecule has 2 atom stereocenters. The van der Waals surface area contributed by atoms with Crippen LogP contribution in [0.3, 0.4) is 0 Å². The van der Waals surface area contributed by atoms with Crippen LogP contribution in [0, 0.1) is 5.92 Å². The van der Waals surface area contributed by atoms with Gasteiger partial charge in [0.05, 0.1) is 6.61 Å². The SMILES string of the molecule is C=C(/C=C\C(F)=C/C)[C@H]1CCc2cc(O)ccc2[C@H]1c1cccc(OCCCCC=O)c1. The number of benzene rings is 2. The Hall–Kier alpha value is -3.14. The average molecular weight is 435 g/mol. The Morgan fingerprint density at radius 2 is 2.06 bits per heavy atom. The molecule has 0 radical (unpaired) electrons. The van der Waals surface area contributed by atoms with Gasteiger partial charge in [-0.1, -0.05) is 42.5 Å². The lowest BCUT2D eigenvalue weighted by Gasteiger charge is -2.35. The number of fused-ring (bicyclic) bond motifs is 1. The van der Waals surface area contributed by atoms with Gasteiger partial charge in [0.1, 0.15) is 23.6 Å². The zero-order valence-corrected chi connectivity index (χ0v) is 18.6. The number of aldehydes is 1. The van der Waals surface area contributed by atoms with Crippen molar-refractivity contribution in [3.8, 4) is 11.5 Å². The summed E-state index contributed by atoms with van der Waals surface area (Å²) in [4.78, 5) is 10.5. The largest absolute Gasteiger partial charge is 0.508 e. The van der Waals surface area contributed by atoms with E-state index in [-0.39, 0.29) is 23.4 Å². The summed E-state index contributed by atoms with van der Waals surface area (Å²) in [6.45, 7) is 6.49. The molecule has 0 saturated carbocycles. The molecule has 2 aromatic rings. The molecule has 0 unspecified atom stereocenters. The number of ether oxygens (including phenoxy) is 1. The van der Waals surface area contributed by atoms with Gasteiger partial charge in [-0.15, -0.1) is 0 Å². The summed E-state index contributed by atoms with van der Waals surface area (Å²) in [6, 6.07) is 13.6. The summed E-state index contributed by atoms with van der Waals surface area (Å²) in [5.41, 5.74) is 4.27. The molecule has 1 N–H and O–H groups in total. The fourth-order valence-electron chi connectivity index (χ4n) is 4.34. The second-order valence-corrected chi connectivity index (χ2v) is 8.17. The lowest BCUT2D eigenvalue weighted by atomic mass is 9.69. The Labute approximate surface area is 189 Å². The number of allylic oxidation sites excluding steroid dienone is 5. The van der Waals surface area contributed by atoms with Crippen molar-refractivity contribution in [1.29, 1.82) is 0 Å². The molecule has 2 aromatic carbocycles. The van der Waals surface area contributed by atoms with E-state index in [0.29, 0.717) is 13.0 Å². The molecule has 168 valence electrons. The number of aryl methyl sites for hydroxylation is 1. The van der Waals surface area contributed by atoms with Crippen molar-refractivity contribution < 1.29 is 19.0 Å². The number of unbranched alkanes of at least 4 members (excludes halogenated alkanes) is 2. The van der Waals surface area contributed by atoms with Crippen LogP contribution < -0.4 is 4.74 Å². The normalized spacial score (nSPS) is 18.4. The summed E-state index contributed by atoms with van der Waals surface area (Å²) < 4.78 is 19.6. The highest BCUT2D eigenvalue weighted by atomic mass is 19.1. The zero-order chi connectivity index (χ0) is 22.9. The maximum Gasteiger partial charge on any atom is 0.119 e. The summed E-state index contributed by atoms with van der Waals surface area (Å²) in [5.74, 6) is 0.912. The zero-order valence-electron chi connectivity index (χ0n) is 18.6. The molecule has 0 spiro atoms. The second-order valence-electron chi connectivity index (χ2n) is 8.17. The lowest BCUT2D eigenvalue weighted by Crippen LogP contribution is -2.23.